The van der Waals surface area contributed by atoms with Crippen molar-refractivity contribution in [2.75, 3.05) is 0 Å². The number of pyridine rings is 1. The van der Waals surface area contributed by atoms with Gasteiger partial charge in [0, 0.05) is 18.3 Å². The molecule has 0 aliphatic heterocycles. The summed E-state index contributed by atoms with van der Waals surface area (Å²) in [5.74, 6) is 0.425. The van der Waals surface area contributed by atoms with E-state index in [9.17, 15) is 13.2 Å². The van der Waals surface area contributed by atoms with E-state index in [4.69, 9.17) is 4.74 Å². The fraction of sp³-hybridized carbons (Fsp3) is 0.0833. The number of nitrogens with zero attached hydrogens (tertiary/aromatic N) is 3. The summed E-state index contributed by atoms with van der Waals surface area (Å²) < 4.78 is 47.0. The Balaban J connectivity index is 1.83. The molecule has 0 N–H and O–H groups in total. The summed E-state index contributed by atoms with van der Waals surface area (Å²) in [4.78, 5) is 3.61. The molecule has 0 aliphatic carbocycles. The molecule has 8 heteroatoms. The Morgan fingerprint density at radius 1 is 1.00 bits per heavy atom. The van der Waals surface area contributed by atoms with E-state index in [0.29, 0.717) is 23.0 Å². The van der Waals surface area contributed by atoms with Gasteiger partial charge < -0.3 is 4.74 Å². The molecule has 0 atom stereocenters. The highest BCUT2D eigenvalue weighted by atomic mass is 19.4. The fourth-order valence-corrected chi connectivity index (χ4v) is 1.55. The molecule has 5 nitrogen and oxygen atoms in total. The fourth-order valence-electron chi connectivity index (χ4n) is 1.55. The van der Waals surface area contributed by atoms with Crippen molar-refractivity contribution in [1.82, 2.24) is 15.3 Å². The zero-order valence-electron chi connectivity index (χ0n) is 9.76. The molecule has 3 rings (SSSR count). The molecule has 2 aromatic heterocycles. The number of hydrogen-bond donors (Lipinski definition) is 0. The SMILES string of the molecule is FC(F)(F)c1ccc(Oc2ccc3nonc3c2)nc1. The molecule has 0 bridgehead atoms. The number of rotatable bonds is 2. The maximum absolute atomic E-state index is 12.4. The third kappa shape index (κ3) is 2.40. The van der Waals surface area contributed by atoms with Crippen molar-refractivity contribution in [2.24, 2.45) is 0 Å². The molecule has 20 heavy (non-hydrogen) atoms. The molecular weight excluding hydrogens is 275 g/mol. The van der Waals surface area contributed by atoms with Crippen molar-refractivity contribution in [2.45, 2.75) is 6.18 Å². The minimum atomic E-state index is -4.42. The van der Waals surface area contributed by atoms with Gasteiger partial charge in [-0.25, -0.2) is 9.61 Å². The summed E-state index contributed by atoms with van der Waals surface area (Å²) in [7, 11) is 0. The Morgan fingerprint density at radius 3 is 2.50 bits per heavy atom. The zero-order chi connectivity index (χ0) is 14.2. The van der Waals surface area contributed by atoms with Gasteiger partial charge in [0.15, 0.2) is 0 Å². The van der Waals surface area contributed by atoms with Crippen LogP contribution in [0.2, 0.25) is 0 Å². The van der Waals surface area contributed by atoms with Crippen molar-refractivity contribution in [3.8, 4) is 11.6 Å². The van der Waals surface area contributed by atoms with Gasteiger partial charge >= 0.3 is 6.18 Å². The summed E-state index contributed by atoms with van der Waals surface area (Å²) in [5.41, 5.74) is 0.202. The van der Waals surface area contributed by atoms with Crippen molar-refractivity contribution in [3.05, 3.63) is 42.1 Å². The lowest BCUT2D eigenvalue weighted by Crippen LogP contribution is -2.05. The normalized spacial score (nSPS) is 11.8. The minimum absolute atomic E-state index is 0.0498. The van der Waals surface area contributed by atoms with Crippen LogP contribution in [-0.2, 0) is 6.18 Å². The van der Waals surface area contributed by atoms with E-state index in [2.05, 4.69) is 19.9 Å². The van der Waals surface area contributed by atoms with Crippen LogP contribution >= 0.6 is 0 Å². The second-order valence-corrected chi connectivity index (χ2v) is 3.90. The maximum Gasteiger partial charge on any atom is 0.417 e. The van der Waals surface area contributed by atoms with Gasteiger partial charge in [-0.1, -0.05) is 0 Å². The standard InChI is InChI=1S/C12H6F3N3O2/c13-12(14,15)7-1-4-11(16-6-7)19-8-2-3-9-10(5-8)18-20-17-9/h1-6H. The molecule has 0 aliphatic rings. The molecule has 0 fully saturated rings. The second-order valence-electron chi connectivity index (χ2n) is 3.90. The Hall–Kier alpha value is -2.64. The smallest absolute Gasteiger partial charge is 0.417 e. The average Bonchev–Trinajstić information content (AvgIpc) is 2.86. The van der Waals surface area contributed by atoms with Crippen LogP contribution in [0.5, 0.6) is 11.6 Å². The number of fused-ring (bicyclic) bond motifs is 1. The van der Waals surface area contributed by atoms with E-state index in [1.165, 1.54) is 0 Å². The van der Waals surface area contributed by atoms with Crippen LogP contribution in [0, 0.1) is 0 Å². The van der Waals surface area contributed by atoms with Crippen LogP contribution in [0.3, 0.4) is 0 Å². The van der Waals surface area contributed by atoms with Gasteiger partial charge in [-0.3, -0.25) is 0 Å². The number of aromatic nitrogens is 3. The van der Waals surface area contributed by atoms with Crippen LogP contribution < -0.4 is 4.74 Å². The molecule has 0 unspecified atom stereocenters. The number of ether oxygens (including phenoxy) is 1. The van der Waals surface area contributed by atoms with E-state index < -0.39 is 11.7 Å². The first kappa shape index (κ1) is 12.4. The average molecular weight is 281 g/mol. The molecule has 0 radical (unpaired) electrons. The predicted octanol–water partition coefficient (Wildman–Crippen LogP) is 3.43. The van der Waals surface area contributed by atoms with E-state index in [-0.39, 0.29) is 5.88 Å². The third-order valence-corrected chi connectivity index (χ3v) is 2.51. The molecule has 0 amide bonds. The molecule has 0 spiro atoms. The van der Waals surface area contributed by atoms with Gasteiger partial charge in [0.1, 0.15) is 16.8 Å². The third-order valence-electron chi connectivity index (χ3n) is 2.51. The molecule has 3 aromatic rings. The summed E-state index contributed by atoms with van der Waals surface area (Å²) in [5, 5.41) is 7.26. The monoisotopic (exact) mass is 281 g/mol. The predicted molar refractivity (Wildman–Crippen MR) is 61.1 cm³/mol. The van der Waals surface area contributed by atoms with E-state index in [0.717, 1.165) is 12.1 Å². The lowest BCUT2D eigenvalue weighted by atomic mass is 10.3. The molecule has 1 aromatic carbocycles. The van der Waals surface area contributed by atoms with Gasteiger partial charge in [-0.2, -0.15) is 13.2 Å². The summed E-state index contributed by atoms with van der Waals surface area (Å²) in [6, 6.07) is 6.80. The van der Waals surface area contributed by atoms with Crippen LogP contribution in [0.25, 0.3) is 11.0 Å². The highest BCUT2D eigenvalue weighted by Gasteiger charge is 2.30. The number of alkyl halides is 3. The van der Waals surface area contributed by atoms with E-state index >= 15 is 0 Å². The number of benzene rings is 1. The quantitative estimate of drug-likeness (QED) is 0.720. The first-order valence-electron chi connectivity index (χ1n) is 5.46. The highest BCUT2D eigenvalue weighted by Crippen LogP contribution is 2.30. The highest BCUT2D eigenvalue weighted by molar-refractivity contribution is 5.74. The van der Waals surface area contributed by atoms with E-state index in [1.54, 1.807) is 18.2 Å². The molecule has 102 valence electrons. The largest absolute Gasteiger partial charge is 0.439 e. The molecule has 0 saturated heterocycles. The summed E-state index contributed by atoms with van der Waals surface area (Å²) in [6.45, 7) is 0. The molecule has 2 heterocycles. The molecular formula is C12H6F3N3O2. The lowest BCUT2D eigenvalue weighted by Gasteiger charge is -2.07. The van der Waals surface area contributed by atoms with Crippen LogP contribution in [0.4, 0.5) is 13.2 Å². The van der Waals surface area contributed by atoms with Crippen LogP contribution in [0.1, 0.15) is 5.56 Å². The van der Waals surface area contributed by atoms with Crippen molar-refractivity contribution < 1.29 is 22.5 Å². The van der Waals surface area contributed by atoms with Gasteiger partial charge in [-0.15, -0.1) is 0 Å². The van der Waals surface area contributed by atoms with Crippen LogP contribution in [0.15, 0.2) is 41.2 Å². The Kier molecular flexibility index (Phi) is 2.78. The van der Waals surface area contributed by atoms with Crippen molar-refractivity contribution in [3.63, 3.8) is 0 Å². The van der Waals surface area contributed by atoms with Gasteiger partial charge in [0.05, 0.1) is 5.56 Å². The lowest BCUT2D eigenvalue weighted by molar-refractivity contribution is -0.137. The minimum Gasteiger partial charge on any atom is -0.439 e. The number of halogens is 3. The zero-order valence-corrected chi connectivity index (χ0v) is 9.76. The Labute approximate surface area is 110 Å². The number of hydrogen-bond acceptors (Lipinski definition) is 5. The topological polar surface area (TPSA) is 61.0 Å². The van der Waals surface area contributed by atoms with Crippen molar-refractivity contribution in [1.29, 1.82) is 0 Å². The summed E-state index contributed by atoms with van der Waals surface area (Å²) in [6.07, 6.45) is -3.71. The first-order valence-corrected chi connectivity index (χ1v) is 5.46. The molecule has 0 saturated carbocycles. The van der Waals surface area contributed by atoms with Crippen LogP contribution in [-0.4, -0.2) is 15.3 Å². The Morgan fingerprint density at radius 2 is 1.80 bits per heavy atom. The second kappa shape index (κ2) is 4.48. The van der Waals surface area contributed by atoms with Gasteiger partial charge in [0.25, 0.3) is 0 Å². The van der Waals surface area contributed by atoms with Gasteiger partial charge in [0.2, 0.25) is 5.88 Å². The first-order chi connectivity index (χ1) is 9.52. The van der Waals surface area contributed by atoms with Gasteiger partial charge in [-0.05, 0) is 28.5 Å². The van der Waals surface area contributed by atoms with E-state index in [1.807, 2.05) is 0 Å². The summed E-state index contributed by atoms with van der Waals surface area (Å²) >= 11 is 0. The van der Waals surface area contributed by atoms with Crippen molar-refractivity contribution >= 4 is 11.0 Å². The maximum atomic E-state index is 12.4. The Bertz CT molecular complexity index is 738.